The average molecular weight is 273 g/mol. The van der Waals surface area contributed by atoms with Crippen molar-refractivity contribution in [3.8, 4) is 0 Å². The molecule has 2 saturated heterocycles. The van der Waals surface area contributed by atoms with Gasteiger partial charge < -0.3 is 20.9 Å². The summed E-state index contributed by atoms with van der Waals surface area (Å²) in [5.41, 5.74) is 4.92. The zero-order valence-electron chi connectivity index (χ0n) is 9.57. The first-order valence-electron chi connectivity index (χ1n) is 5.37. The van der Waals surface area contributed by atoms with Crippen LogP contribution in [0.5, 0.6) is 0 Å². The minimum Gasteiger partial charge on any atom is -0.388 e. The van der Waals surface area contributed by atoms with Crippen LogP contribution in [0.2, 0.25) is 0 Å². The van der Waals surface area contributed by atoms with Crippen LogP contribution in [0.4, 0.5) is 0 Å². The number of piperidine rings is 1. The largest absolute Gasteiger partial charge is 0.388 e. The molecule has 0 aromatic heterocycles. The molecule has 0 aromatic carbocycles. The molecule has 2 heterocycles. The number of rotatable bonds is 0. The van der Waals surface area contributed by atoms with E-state index >= 15 is 0 Å². The number of halogens is 2. The van der Waals surface area contributed by atoms with E-state index in [1.807, 2.05) is 6.92 Å². The van der Waals surface area contributed by atoms with Crippen LogP contribution in [-0.2, 0) is 4.74 Å². The average Bonchev–Trinajstić information content (AvgIpc) is 2.13. The quantitative estimate of drug-likeness (QED) is 0.599. The molecule has 0 aliphatic carbocycles. The maximum absolute atomic E-state index is 10.1. The van der Waals surface area contributed by atoms with Gasteiger partial charge in [-0.25, -0.2) is 0 Å². The topological polar surface area (TPSA) is 67.5 Å². The lowest BCUT2D eigenvalue weighted by Crippen LogP contribution is -2.61. The lowest BCUT2D eigenvalue weighted by atomic mass is 9.76. The summed E-state index contributed by atoms with van der Waals surface area (Å²) >= 11 is 0. The van der Waals surface area contributed by atoms with Crippen molar-refractivity contribution in [1.82, 2.24) is 5.32 Å². The number of nitrogens with one attached hydrogen (secondary N) is 1. The smallest absolute Gasteiger partial charge is 0.0819 e. The summed E-state index contributed by atoms with van der Waals surface area (Å²) in [6.07, 6.45) is 2.63. The van der Waals surface area contributed by atoms with E-state index in [0.29, 0.717) is 13.0 Å². The first-order valence-corrected chi connectivity index (χ1v) is 5.37. The molecule has 1 spiro atoms. The maximum Gasteiger partial charge on any atom is 0.0819 e. The van der Waals surface area contributed by atoms with Crippen LogP contribution in [-0.4, -0.2) is 42.0 Å². The van der Waals surface area contributed by atoms with Crippen molar-refractivity contribution in [1.29, 1.82) is 0 Å². The van der Waals surface area contributed by atoms with Gasteiger partial charge in [-0.1, -0.05) is 0 Å². The molecule has 2 atom stereocenters. The van der Waals surface area contributed by atoms with E-state index in [2.05, 4.69) is 5.32 Å². The fourth-order valence-electron chi connectivity index (χ4n) is 2.48. The SMILES string of the molecule is C[C@]1(O)CC2(CCNCC2)OC[C@@H]1N.Cl.Cl. The fraction of sp³-hybridized carbons (Fsp3) is 1.00. The van der Waals surface area contributed by atoms with E-state index in [9.17, 15) is 5.11 Å². The second-order valence-corrected chi connectivity index (χ2v) is 4.88. The van der Waals surface area contributed by atoms with Gasteiger partial charge in [0, 0.05) is 6.42 Å². The van der Waals surface area contributed by atoms with Crippen molar-refractivity contribution in [2.45, 2.75) is 43.4 Å². The predicted molar refractivity (Wildman–Crippen MR) is 68.5 cm³/mol. The highest BCUT2D eigenvalue weighted by Gasteiger charge is 2.46. The van der Waals surface area contributed by atoms with Crippen LogP contribution < -0.4 is 11.1 Å². The number of nitrogens with two attached hydrogens (primary N) is 1. The number of hydrogen-bond donors (Lipinski definition) is 3. The molecule has 6 heteroatoms. The second kappa shape index (κ2) is 5.85. The standard InChI is InChI=1S/C10H20N2O2.2ClH/c1-9(13)7-10(14-6-8(9)11)2-4-12-5-3-10;;/h8,12-13H,2-7,11H2,1H3;2*1H/t8-,9-;;/m0../s1. The number of hydrogen-bond acceptors (Lipinski definition) is 4. The van der Waals surface area contributed by atoms with E-state index in [-0.39, 0.29) is 36.5 Å². The number of ether oxygens (including phenoxy) is 1. The number of aliphatic hydroxyl groups is 1. The predicted octanol–water partition coefficient (Wildman–Crippen LogP) is 0.451. The molecule has 4 N–H and O–H groups in total. The van der Waals surface area contributed by atoms with Crippen molar-refractivity contribution >= 4 is 24.8 Å². The van der Waals surface area contributed by atoms with E-state index in [1.165, 1.54) is 0 Å². The van der Waals surface area contributed by atoms with Gasteiger partial charge in [0.05, 0.1) is 23.9 Å². The molecule has 0 aromatic rings. The summed E-state index contributed by atoms with van der Waals surface area (Å²) in [7, 11) is 0. The van der Waals surface area contributed by atoms with Crippen LogP contribution in [0.3, 0.4) is 0 Å². The molecule has 0 unspecified atom stereocenters. The molecule has 2 rings (SSSR count). The molecule has 98 valence electrons. The van der Waals surface area contributed by atoms with Gasteiger partial charge in [0.2, 0.25) is 0 Å². The third-order valence-electron chi connectivity index (χ3n) is 3.56. The highest BCUT2D eigenvalue weighted by Crippen LogP contribution is 2.37. The van der Waals surface area contributed by atoms with Crippen molar-refractivity contribution < 1.29 is 9.84 Å². The van der Waals surface area contributed by atoms with Gasteiger partial charge in [0.15, 0.2) is 0 Å². The highest BCUT2D eigenvalue weighted by molar-refractivity contribution is 5.85. The highest BCUT2D eigenvalue weighted by atomic mass is 35.5. The van der Waals surface area contributed by atoms with E-state index < -0.39 is 5.60 Å². The van der Waals surface area contributed by atoms with Crippen LogP contribution in [0.15, 0.2) is 0 Å². The Morgan fingerprint density at radius 1 is 1.31 bits per heavy atom. The molecule has 0 amide bonds. The minimum atomic E-state index is -0.768. The van der Waals surface area contributed by atoms with E-state index in [4.69, 9.17) is 10.5 Å². The first kappa shape index (κ1) is 16.4. The lowest BCUT2D eigenvalue weighted by Gasteiger charge is -2.48. The Balaban J connectivity index is 0.00000112. The molecule has 4 nitrogen and oxygen atoms in total. The van der Waals surface area contributed by atoms with Crippen LogP contribution in [0.1, 0.15) is 26.2 Å². The molecule has 2 aliphatic rings. The Labute approximate surface area is 109 Å². The zero-order chi connectivity index (χ0) is 10.2. The summed E-state index contributed by atoms with van der Waals surface area (Å²) < 4.78 is 5.83. The second-order valence-electron chi connectivity index (χ2n) is 4.88. The summed E-state index contributed by atoms with van der Waals surface area (Å²) in [5, 5.41) is 13.4. The van der Waals surface area contributed by atoms with Gasteiger partial charge in [0.1, 0.15) is 0 Å². The summed E-state index contributed by atoms with van der Waals surface area (Å²) in [6, 6.07) is -0.247. The molecule has 16 heavy (non-hydrogen) atoms. The maximum atomic E-state index is 10.1. The third-order valence-corrected chi connectivity index (χ3v) is 3.56. The molecular weight excluding hydrogens is 251 g/mol. The van der Waals surface area contributed by atoms with E-state index in [1.54, 1.807) is 0 Å². The fourth-order valence-corrected chi connectivity index (χ4v) is 2.48. The first-order chi connectivity index (χ1) is 6.54. The lowest BCUT2D eigenvalue weighted by molar-refractivity contribution is -0.174. The van der Waals surface area contributed by atoms with Crippen molar-refractivity contribution in [2.24, 2.45) is 5.73 Å². The Kier molecular flexibility index (Phi) is 6.00. The van der Waals surface area contributed by atoms with Crippen LogP contribution >= 0.6 is 24.8 Å². The molecular formula is C10H22Cl2N2O2. The molecule has 0 radical (unpaired) electrons. The Bertz CT molecular complexity index is 221. The van der Waals surface area contributed by atoms with Crippen molar-refractivity contribution in [3.63, 3.8) is 0 Å². The van der Waals surface area contributed by atoms with Gasteiger partial charge in [-0.05, 0) is 32.9 Å². The Morgan fingerprint density at radius 2 is 1.88 bits per heavy atom. The van der Waals surface area contributed by atoms with E-state index in [0.717, 1.165) is 25.9 Å². The van der Waals surface area contributed by atoms with Gasteiger partial charge in [0.25, 0.3) is 0 Å². The van der Waals surface area contributed by atoms with Crippen LogP contribution in [0.25, 0.3) is 0 Å². The Morgan fingerprint density at radius 3 is 2.38 bits per heavy atom. The molecule has 2 fully saturated rings. The normalized spacial score (nSPS) is 37.3. The van der Waals surface area contributed by atoms with Gasteiger partial charge in [-0.15, -0.1) is 24.8 Å². The summed E-state index contributed by atoms with van der Waals surface area (Å²) in [5.74, 6) is 0. The summed E-state index contributed by atoms with van der Waals surface area (Å²) in [4.78, 5) is 0. The van der Waals surface area contributed by atoms with Gasteiger partial charge >= 0.3 is 0 Å². The molecule has 0 saturated carbocycles. The van der Waals surface area contributed by atoms with Crippen LogP contribution in [0, 0.1) is 0 Å². The Hall–Kier alpha value is 0.420. The minimum absolute atomic E-state index is 0. The van der Waals surface area contributed by atoms with Gasteiger partial charge in [-0.2, -0.15) is 0 Å². The zero-order valence-corrected chi connectivity index (χ0v) is 11.2. The molecule has 0 bridgehead atoms. The summed E-state index contributed by atoms with van der Waals surface area (Å²) in [6.45, 7) is 4.26. The van der Waals surface area contributed by atoms with Crippen molar-refractivity contribution in [2.75, 3.05) is 19.7 Å². The molecule has 2 aliphatic heterocycles. The third kappa shape index (κ3) is 3.22. The van der Waals surface area contributed by atoms with Crippen molar-refractivity contribution in [3.05, 3.63) is 0 Å². The monoisotopic (exact) mass is 272 g/mol. The van der Waals surface area contributed by atoms with Gasteiger partial charge in [-0.3, -0.25) is 0 Å².